The smallest absolute Gasteiger partial charge is 0.303 e. The summed E-state index contributed by atoms with van der Waals surface area (Å²) in [6.07, 6.45) is 0.864. The summed E-state index contributed by atoms with van der Waals surface area (Å²) in [6.45, 7) is 4.32. The van der Waals surface area contributed by atoms with Crippen LogP contribution in [0.25, 0.3) is 10.4 Å². The van der Waals surface area contributed by atoms with E-state index in [2.05, 4.69) is 10.0 Å². The monoisotopic (exact) mass is 185 g/mol. The van der Waals surface area contributed by atoms with Gasteiger partial charge >= 0.3 is 5.97 Å². The molecule has 0 aliphatic rings. The van der Waals surface area contributed by atoms with Crippen molar-refractivity contribution in [2.75, 3.05) is 6.54 Å². The number of carbonyl (C=O) groups is 1. The molecular formula is C8H15N3O2. The number of nitrogens with zero attached hydrogens (tertiary/aromatic N) is 3. The summed E-state index contributed by atoms with van der Waals surface area (Å²) in [6, 6.07) is 0. The number of carboxylic acids is 1. The average Bonchev–Trinajstić information content (AvgIpc) is 1.98. The first-order valence-electron chi connectivity index (χ1n) is 4.29. The first kappa shape index (κ1) is 11.8. The number of carboxylic acid groups (broad SMARTS) is 1. The molecule has 74 valence electrons. The Bertz CT molecular complexity index is 205. The van der Waals surface area contributed by atoms with Crippen molar-refractivity contribution in [3.8, 4) is 0 Å². The van der Waals surface area contributed by atoms with E-state index in [4.69, 9.17) is 10.6 Å². The third-order valence-electron chi connectivity index (χ3n) is 1.67. The number of hydrogen-bond acceptors (Lipinski definition) is 2. The zero-order valence-corrected chi connectivity index (χ0v) is 7.97. The van der Waals surface area contributed by atoms with E-state index in [1.54, 1.807) is 0 Å². The largest absolute Gasteiger partial charge is 0.481 e. The minimum atomic E-state index is -0.834. The van der Waals surface area contributed by atoms with E-state index in [0.717, 1.165) is 6.42 Å². The van der Waals surface area contributed by atoms with Crippen molar-refractivity contribution in [3.05, 3.63) is 10.4 Å². The Hall–Kier alpha value is -1.22. The molecule has 13 heavy (non-hydrogen) atoms. The summed E-state index contributed by atoms with van der Waals surface area (Å²) in [5.41, 5.74) is 8.09. The van der Waals surface area contributed by atoms with Gasteiger partial charge in [-0.1, -0.05) is 19.0 Å². The Morgan fingerprint density at radius 3 is 2.62 bits per heavy atom. The molecule has 0 aromatic rings. The quantitative estimate of drug-likeness (QED) is 0.391. The molecule has 0 saturated heterocycles. The first-order valence-corrected chi connectivity index (χ1v) is 4.29. The van der Waals surface area contributed by atoms with E-state index < -0.39 is 5.97 Å². The minimum absolute atomic E-state index is 0.0339. The summed E-state index contributed by atoms with van der Waals surface area (Å²) < 4.78 is 0. The van der Waals surface area contributed by atoms with Crippen LogP contribution in [0.3, 0.4) is 0 Å². The highest BCUT2D eigenvalue weighted by Crippen LogP contribution is 2.15. The third kappa shape index (κ3) is 7.15. The van der Waals surface area contributed by atoms with Crippen molar-refractivity contribution < 1.29 is 9.90 Å². The molecule has 1 unspecified atom stereocenters. The topological polar surface area (TPSA) is 86.1 Å². The zero-order valence-electron chi connectivity index (χ0n) is 7.97. The van der Waals surface area contributed by atoms with Gasteiger partial charge in [-0.3, -0.25) is 4.79 Å². The van der Waals surface area contributed by atoms with E-state index in [-0.39, 0.29) is 18.9 Å². The molecular weight excluding hydrogens is 170 g/mol. The lowest BCUT2D eigenvalue weighted by Gasteiger charge is -2.13. The van der Waals surface area contributed by atoms with Crippen LogP contribution in [0.15, 0.2) is 5.11 Å². The Kier molecular flexibility index (Phi) is 5.72. The van der Waals surface area contributed by atoms with Crippen molar-refractivity contribution >= 4 is 5.97 Å². The Labute approximate surface area is 77.4 Å². The highest BCUT2D eigenvalue weighted by atomic mass is 16.4. The Balaban J connectivity index is 4.01. The van der Waals surface area contributed by atoms with Crippen LogP contribution >= 0.6 is 0 Å². The molecule has 0 amide bonds. The summed E-state index contributed by atoms with van der Waals surface area (Å²) in [5, 5.41) is 12.0. The van der Waals surface area contributed by atoms with Crippen LogP contribution in [-0.4, -0.2) is 17.6 Å². The van der Waals surface area contributed by atoms with E-state index in [0.29, 0.717) is 5.92 Å². The fourth-order valence-electron chi connectivity index (χ4n) is 1.29. The molecule has 1 atom stereocenters. The molecule has 0 spiro atoms. The maximum Gasteiger partial charge on any atom is 0.303 e. The van der Waals surface area contributed by atoms with Crippen LogP contribution in [-0.2, 0) is 4.79 Å². The van der Waals surface area contributed by atoms with Crippen LogP contribution in [0.5, 0.6) is 0 Å². The summed E-state index contributed by atoms with van der Waals surface area (Å²) in [4.78, 5) is 13.0. The van der Waals surface area contributed by atoms with Crippen LogP contribution in [0.2, 0.25) is 0 Å². The SMILES string of the molecule is CC(C)CC(CN=[N+]=[N-])CC(=O)O. The van der Waals surface area contributed by atoms with Gasteiger partial charge in [0.2, 0.25) is 0 Å². The van der Waals surface area contributed by atoms with Crippen molar-refractivity contribution in [2.24, 2.45) is 17.0 Å². The Morgan fingerprint density at radius 1 is 1.62 bits per heavy atom. The van der Waals surface area contributed by atoms with Crippen molar-refractivity contribution in [3.63, 3.8) is 0 Å². The summed E-state index contributed by atoms with van der Waals surface area (Å²) >= 11 is 0. The van der Waals surface area contributed by atoms with Crippen molar-refractivity contribution in [1.29, 1.82) is 0 Å². The number of rotatable bonds is 6. The van der Waals surface area contributed by atoms with Gasteiger partial charge in [-0.25, -0.2) is 0 Å². The van der Waals surface area contributed by atoms with Crippen LogP contribution < -0.4 is 0 Å². The molecule has 0 aliphatic heterocycles. The molecule has 5 heteroatoms. The lowest BCUT2D eigenvalue weighted by atomic mass is 9.94. The molecule has 5 nitrogen and oxygen atoms in total. The minimum Gasteiger partial charge on any atom is -0.481 e. The van der Waals surface area contributed by atoms with Crippen molar-refractivity contribution in [2.45, 2.75) is 26.7 Å². The lowest BCUT2D eigenvalue weighted by Crippen LogP contribution is -2.13. The predicted octanol–water partition coefficient (Wildman–Crippen LogP) is 2.43. The second kappa shape index (κ2) is 6.31. The summed E-state index contributed by atoms with van der Waals surface area (Å²) in [7, 11) is 0. The molecule has 1 N–H and O–H groups in total. The fraction of sp³-hybridized carbons (Fsp3) is 0.875. The standard InChI is InChI=1S/C8H15N3O2/c1-6(2)3-7(4-8(12)13)5-10-11-9/h6-7H,3-5H2,1-2H3,(H,12,13). The van der Waals surface area contributed by atoms with Gasteiger partial charge in [0.25, 0.3) is 0 Å². The molecule has 0 heterocycles. The highest BCUT2D eigenvalue weighted by Gasteiger charge is 2.13. The number of aliphatic carboxylic acids is 1. The second-order valence-electron chi connectivity index (χ2n) is 3.51. The number of azide groups is 1. The predicted molar refractivity (Wildman–Crippen MR) is 49.2 cm³/mol. The molecule has 0 radical (unpaired) electrons. The molecule has 0 aromatic carbocycles. The zero-order chi connectivity index (χ0) is 10.3. The molecule has 0 bridgehead atoms. The second-order valence-corrected chi connectivity index (χ2v) is 3.51. The first-order chi connectivity index (χ1) is 6.06. The molecule has 0 saturated carbocycles. The van der Waals surface area contributed by atoms with Gasteiger partial charge in [-0.15, -0.1) is 0 Å². The Morgan fingerprint density at radius 2 is 2.23 bits per heavy atom. The average molecular weight is 185 g/mol. The van der Waals surface area contributed by atoms with Gasteiger partial charge in [-0.2, -0.15) is 0 Å². The van der Waals surface area contributed by atoms with E-state index in [1.165, 1.54) is 0 Å². The van der Waals surface area contributed by atoms with Gasteiger partial charge in [-0.05, 0) is 23.8 Å². The maximum atomic E-state index is 10.4. The fourth-order valence-corrected chi connectivity index (χ4v) is 1.29. The maximum absolute atomic E-state index is 10.4. The highest BCUT2D eigenvalue weighted by molar-refractivity contribution is 5.67. The summed E-state index contributed by atoms with van der Waals surface area (Å²) in [5.74, 6) is -0.439. The van der Waals surface area contributed by atoms with E-state index in [9.17, 15) is 4.79 Å². The van der Waals surface area contributed by atoms with Gasteiger partial charge < -0.3 is 5.11 Å². The van der Waals surface area contributed by atoms with Crippen molar-refractivity contribution in [1.82, 2.24) is 0 Å². The molecule has 0 aromatic heterocycles. The van der Waals surface area contributed by atoms with E-state index >= 15 is 0 Å². The third-order valence-corrected chi connectivity index (χ3v) is 1.67. The molecule has 0 aliphatic carbocycles. The molecule has 0 rings (SSSR count). The van der Waals surface area contributed by atoms with Gasteiger partial charge in [0.1, 0.15) is 0 Å². The van der Waals surface area contributed by atoms with Crippen LogP contribution in [0.4, 0.5) is 0 Å². The van der Waals surface area contributed by atoms with Gasteiger partial charge in [0.15, 0.2) is 0 Å². The normalized spacial score (nSPS) is 12.2. The molecule has 0 fully saturated rings. The number of hydrogen-bond donors (Lipinski definition) is 1. The van der Waals surface area contributed by atoms with Crippen LogP contribution in [0.1, 0.15) is 26.7 Å². The lowest BCUT2D eigenvalue weighted by molar-refractivity contribution is -0.138. The van der Waals surface area contributed by atoms with Crippen LogP contribution in [0, 0.1) is 11.8 Å². The van der Waals surface area contributed by atoms with E-state index in [1.807, 2.05) is 13.8 Å². The van der Waals surface area contributed by atoms with Gasteiger partial charge in [0.05, 0.1) is 0 Å². The van der Waals surface area contributed by atoms with Gasteiger partial charge in [0, 0.05) is 17.9 Å².